The summed E-state index contributed by atoms with van der Waals surface area (Å²) in [6.07, 6.45) is -0.441. The van der Waals surface area contributed by atoms with Gasteiger partial charge >= 0.3 is 17.8 Å². The maximum atomic E-state index is 14.0. The lowest BCUT2D eigenvalue weighted by Gasteiger charge is -2.31. The van der Waals surface area contributed by atoms with Crippen LogP contribution in [0.25, 0.3) is 0 Å². The minimum Gasteiger partial charge on any atom is -0.479 e. The van der Waals surface area contributed by atoms with Crippen molar-refractivity contribution in [3.8, 4) is 5.75 Å². The zero-order chi connectivity index (χ0) is 35.3. The molecule has 1 heterocycles. The quantitative estimate of drug-likeness (QED) is 0.174. The number of ketones is 1. The molecule has 1 atom stereocenters. The second-order valence-corrected chi connectivity index (χ2v) is 13.3. The molecule has 0 aromatic heterocycles. The summed E-state index contributed by atoms with van der Waals surface area (Å²) in [7, 11) is 0. The molecular formula is C33H39F4N3O7. The first-order valence-electron chi connectivity index (χ1n) is 15.0. The van der Waals surface area contributed by atoms with E-state index >= 15 is 0 Å². The Bertz CT molecular complexity index is 1480. The molecule has 3 rings (SSSR count). The molecule has 0 bridgehead atoms. The van der Waals surface area contributed by atoms with E-state index in [0.29, 0.717) is 5.69 Å². The molecule has 256 valence electrons. The van der Waals surface area contributed by atoms with Crippen LogP contribution in [0.15, 0.2) is 30.3 Å². The van der Waals surface area contributed by atoms with Gasteiger partial charge in [-0.25, -0.2) is 8.78 Å². The summed E-state index contributed by atoms with van der Waals surface area (Å²) in [6, 6.07) is 5.50. The highest BCUT2D eigenvalue weighted by atomic mass is 19.2. The number of hydrogen-bond acceptors (Lipinski definition) is 7. The van der Waals surface area contributed by atoms with Gasteiger partial charge in [0.15, 0.2) is 23.2 Å². The van der Waals surface area contributed by atoms with Gasteiger partial charge < -0.3 is 25.0 Å². The van der Waals surface area contributed by atoms with Gasteiger partial charge in [0.05, 0.1) is 6.42 Å². The summed E-state index contributed by atoms with van der Waals surface area (Å²) in [6.45, 7) is 9.81. The first-order valence-corrected chi connectivity index (χ1v) is 15.0. The minimum absolute atomic E-state index is 0.0260. The zero-order valence-electron chi connectivity index (χ0n) is 27.1. The molecule has 0 unspecified atom stereocenters. The molecule has 47 heavy (non-hydrogen) atoms. The molecule has 2 N–H and O–H groups in total. The van der Waals surface area contributed by atoms with Gasteiger partial charge in [0.25, 0.3) is 0 Å². The summed E-state index contributed by atoms with van der Waals surface area (Å²) >= 11 is 0. The van der Waals surface area contributed by atoms with Crippen LogP contribution < -0.4 is 15.4 Å². The lowest BCUT2D eigenvalue weighted by atomic mass is 9.87. The Balaban J connectivity index is 1.62. The van der Waals surface area contributed by atoms with Crippen molar-refractivity contribution in [2.75, 3.05) is 25.0 Å². The van der Waals surface area contributed by atoms with Crippen LogP contribution in [0.5, 0.6) is 5.75 Å². The summed E-state index contributed by atoms with van der Waals surface area (Å²) in [4.78, 5) is 65.3. The number of likely N-dealkylation sites (tertiary alicyclic amines) is 1. The topological polar surface area (TPSA) is 131 Å². The monoisotopic (exact) mass is 665 g/mol. The second-order valence-electron chi connectivity index (χ2n) is 13.3. The third-order valence-corrected chi connectivity index (χ3v) is 7.28. The van der Waals surface area contributed by atoms with E-state index in [1.807, 2.05) is 32.9 Å². The van der Waals surface area contributed by atoms with E-state index in [-0.39, 0.29) is 37.4 Å². The van der Waals surface area contributed by atoms with Gasteiger partial charge in [0.2, 0.25) is 17.5 Å². The maximum Gasteiger partial charge on any atom is 0.313 e. The van der Waals surface area contributed by atoms with Crippen molar-refractivity contribution in [1.82, 2.24) is 10.2 Å². The maximum absolute atomic E-state index is 14.0. The number of nitrogens with zero attached hydrogens (tertiary/aromatic N) is 1. The van der Waals surface area contributed by atoms with Crippen molar-refractivity contribution in [3.05, 3.63) is 59.2 Å². The molecule has 14 heteroatoms. The van der Waals surface area contributed by atoms with Crippen molar-refractivity contribution in [2.45, 2.75) is 77.9 Å². The molecule has 1 aliphatic heterocycles. The van der Waals surface area contributed by atoms with E-state index in [9.17, 15) is 41.5 Å². The van der Waals surface area contributed by atoms with Crippen LogP contribution >= 0.6 is 0 Å². The number of ether oxygens (including phenoxy) is 2. The van der Waals surface area contributed by atoms with E-state index in [2.05, 4.69) is 10.6 Å². The van der Waals surface area contributed by atoms with Crippen LogP contribution in [0.2, 0.25) is 0 Å². The first kappa shape index (κ1) is 37.0. The molecule has 1 saturated heterocycles. The van der Waals surface area contributed by atoms with Crippen molar-refractivity contribution in [3.63, 3.8) is 0 Å². The number of nitrogens with one attached hydrogen (secondary N) is 2. The Morgan fingerprint density at radius 2 is 1.45 bits per heavy atom. The average molecular weight is 666 g/mol. The third-order valence-electron chi connectivity index (χ3n) is 7.28. The number of halogens is 4. The number of carbonyl (C=O) groups excluding carboxylic acids is 5. The highest BCUT2D eigenvalue weighted by Crippen LogP contribution is 2.27. The van der Waals surface area contributed by atoms with Crippen LogP contribution in [-0.4, -0.2) is 65.7 Å². The summed E-state index contributed by atoms with van der Waals surface area (Å²) < 4.78 is 65.2. The fourth-order valence-corrected chi connectivity index (χ4v) is 4.73. The largest absolute Gasteiger partial charge is 0.479 e. The normalized spacial score (nSPS) is 14.6. The van der Waals surface area contributed by atoms with Crippen molar-refractivity contribution >= 4 is 35.2 Å². The number of amides is 3. The molecule has 1 fully saturated rings. The first-order chi connectivity index (χ1) is 21.8. The lowest BCUT2D eigenvalue weighted by Crippen LogP contribution is -2.50. The second kappa shape index (κ2) is 14.9. The molecule has 0 aliphatic carbocycles. The standard InChI is InChI=1S/C33H39F4N3O7/c1-32(2,3)19-7-9-20(10-8-19)38-30(44)31(45)40-13-11-18(12-14-40)29(43)39-23(16-25(42)47-33(4,5)6)24(41)17-46-28-26(36)21(34)15-22(35)27(28)37/h7-10,15,18,23H,11-14,16-17H2,1-6H3,(H,38,44)(H,39,43)/t23-/m0/s1. The SMILES string of the molecule is CC(C)(C)OC(=O)C[C@H](NC(=O)C1CCN(C(=O)C(=O)Nc2ccc(C(C)(C)C)cc2)CC1)C(=O)COc1c(F)c(F)cc(F)c1F. The number of esters is 1. The molecule has 1 aliphatic rings. The number of rotatable bonds is 9. The molecule has 0 saturated carbocycles. The van der Waals surface area contributed by atoms with Crippen LogP contribution in [0, 0.1) is 29.2 Å². The van der Waals surface area contributed by atoms with Gasteiger partial charge in [-0.15, -0.1) is 0 Å². The van der Waals surface area contributed by atoms with Crippen LogP contribution in [0.1, 0.15) is 66.4 Å². The third kappa shape index (κ3) is 10.2. The van der Waals surface area contributed by atoms with Gasteiger partial charge in [-0.2, -0.15) is 8.78 Å². The number of hydrogen-bond donors (Lipinski definition) is 2. The fraction of sp³-hybridized carbons (Fsp3) is 0.485. The molecular weight excluding hydrogens is 626 g/mol. The van der Waals surface area contributed by atoms with Crippen LogP contribution in [0.3, 0.4) is 0 Å². The predicted octanol–water partition coefficient (Wildman–Crippen LogP) is 4.58. The van der Waals surface area contributed by atoms with Gasteiger partial charge in [-0.3, -0.25) is 24.0 Å². The Morgan fingerprint density at radius 1 is 0.894 bits per heavy atom. The number of benzene rings is 2. The predicted molar refractivity (Wildman–Crippen MR) is 162 cm³/mol. The number of anilines is 1. The Labute approximate surface area is 270 Å². The summed E-state index contributed by atoms with van der Waals surface area (Å²) in [5.41, 5.74) is 0.463. The number of piperidine rings is 1. The smallest absolute Gasteiger partial charge is 0.313 e. The van der Waals surface area contributed by atoms with E-state index in [0.717, 1.165) is 5.56 Å². The molecule has 10 nitrogen and oxygen atoms in total. The van der Waals surface area contributed by atoms with E-state index < -0.39 is 89.1 Å². The molecule has 0 spiro atoms. The van der Waals surface area contributed by atoms with Crippen molar-refractivity contribution in [1.29, 1.82) is 0 Å². The molecule has 2 aromatic rings. The van der Waals surface area contributed by atoms with Gasteiger partial charge in [0, 0.05) is 30.8 Å². The highest BCUT2D eigenvalue weighted by Gasteiger charge is 2.34. The highest BCUT2D eigenvalue weighted by molar-refractivity contribution is 6.39. The van der Waals surface area contributed by atoms with Crippen molar-refractivity contribution < 1.29 is 51.0 Å². The fourth-order valence-electron chi connectivity index (χ4n) is 4.73. The van der Waals surface area contributed by atoms with Crippen LogP contribution in [-0.2, 0) is 34.1 Å². The molecule has 3 amide bonds. The lowest BCUT2D eigenvalue weighted by molar-refractivity contribution is -0.156. The Hall–Kier alpha value is -4.49. The van der Waals surface area contributed by atoms with Gasteiger partial charge in [0.1, 0.15) is 18.2 Å². The van der Waals surface area contributed by atoms with Crippen LogP contribution in [0.4, 0.5) is 23.2 Å². The number of Topliss-reactive ketones (excluding diaryl/α,β-unsaturated/α-hetero) is 1. The minimum atomic E-state index is -1.86. The number of carbonyl (C=O) groups is 5. The molecule has 2 aromatic carbocycles. The van der Waals surface area contributed by atoms with E-state index in [1.54, 1.807) is 32.9 Å². The van der Waals surface area contributed by atoms with E-state index in [1.165, 1.54) is 4.90 Å². The van der Waals surface area contributed by atoms with E-state index in [4.69, 9.17) is 9.47 Å². The zero-order valence-corrected chi connectivity index (χ0v) is 27.1. The Morgan fingerprint density at radius 3 is 1.96 bits per heavy atom. The summed E-state index contributed by atoms with van der Waals surface area (Å²) in [5, 5.41) is 4.99. The van der Waals surface area contributed by atoms with Gasteiger partial charge in [-0.05, 0) is 56.7 Å². The van der Waals surface area contributed by atoms with Crippen molar-refractivity contribution in [2.24, 2.45) is 5.92 Å². The summed E-state index contributed by atoms with van der Waals surface area (Å²) in [5.74, 6) is -13.6. The Kier molecular flexibility index (Phi) is 11.8. The van der Waals surface area contributed by atoms with Gasteiger partial charge in [-0.1, -0.05) is 32.9 Å². The molecule has 0 radical (unpaired) electrons. The average Bonchev–Trinajstić information content (AvgIpc) is 2.98.